The van der Waals surface area contributed by atoms with Crippen LogP contribution in [-0.2, 0) is 9.53 Å². The molecule has 1 aromatic carbocycles. The molecule has 1 saturated heterocycles. The highest BCUT2D eigenvalue weighted by Crippen LogP contribution is 2.34. The number of benzene rings is 1. The lowest BCUT2D eigenvalue weighted by Gasteiger charge is -2.07. The van der Waals surface area contributed by atoms with Crippen molar-refractivity contribution in [3.63, 3.8) is 0 Å². The molecule has 0 radical (unpaired) electrons. The van der Waals surface area contributed by atoms with Crippen LogP contribution in [0, 0.1) is 6.92 Å². The molecule has 3 rings (SSSR count). The highest BCUT2D eigenvalue weighted by molar-refractivity contribution is 8.18. The fraction of sp³-hybridized carbons (Fsp3) is 0.167. The van der Waals surface area contributed by atoms with Crippen LogP contribution in [0.3, 0.4) is 0 Å². The average Bonchev–Trinajstić information content (AvgIpc) is 3.14. The number of aliphatic imine (C=N–C) groups is 1. The van der Waals surface area contributed by atoms with Crippen molar-refractivity contribution in [1.29, 1.82) is 0 Å². The van der Waals surface area contributed by atoms with Gasteiger partial charge >= 0.3 is 5.97 Å². The van der Waals surface area contributed by atoms with Crippen LogP contribution in [0.15, 0.2) is 46.3 Å². The van der Waals surface area contributed by atoms with Gasteiger partial charge < -0.3 is 4.74 Å². The molecule has 0 aliphatic carbocycles. The molecule has 0 atom stereocenters. The molecule has 0 saturated carbocycles. The number of rotatable bonds is 3. The van der Waals surface area contributed by atoms with E-state index in [0.29, 0.717) is 21.3 Å². The van der Waals surface area contributed by atoms with E-state index < -0.39 is 5.97 Å². The first-order chi connectivity index (χ1) is 12.0. The second-order valence-corrected chi connectivity index (χ2v) is 7.68. The SMILES string of the molecule is COC(=O)c1ccc(N=C2SC(=Cc3ccc(C)s3)C(=O)N2C)cc1. The van der Waals surface area contributed by atoms with Crippen LogP contribution in [0.1, 0.15) is 20.1 Å². The van der Waals surface area contributed by atoms with Crippen molar-refractivity contribution in [1.82, 2.24) is 4.90 Å². The van der Waals surface area contributed by atoms with Crippen LogP contribution in [-0.4, -0.2) is 36.1 Å². The molecule has 25 heavy (non-hydrogen) atoms. The van der Waals surface area contributed by atoms with Gasteiger partial charge in [-0.05, 0) is 61.2 Å². The number of amidine groups is 1. The summed E-state index contributed by atoms with van der Waals surface area (Å²) in [7, 11) is 3.05. The number of methoxy groups -OCH3 is 1. The summed E-state index contributed by atoms with van der Waals surface area (Å²) in [5.41, 5.74) is 1.13. The van der Waals surface area contributed by atoms with E-state index in [2.05, 4.69) is 9.73 Å². The maximum Gasteiger partial charge on any atom is 0.337 e. The fourth-order valence-corrected chi connectivity index (χ4v) is 4.09. The molecule has 128 valence electrons. The minimum atomic E-state index is -0.391. The van der Waals surface area contributed by atoms with Gasteiger partial charge in [0.1, 0.15) is 0 Å². The van der Waals surface area contributed by atoms with Gasteiger partial charge in [-0.25, -0.2) is 9.79 Å². The first-order valence-corrected chi connectivity index (χ1v) is 9.12. The van der Waals surface area contributed by atoms with Crippen molar-refractivity contribution in [2.45, 2.75) is 6.92 Å². The maximum absolute atomic E-state index is 12.4. The molecule has 1 aliphatic rings. The third-order valence-electron chi connectivity index (χ3n) is 3.55. The van der Waals surface area contributed by atoms with E-state index in [4.69, 9.17) is 0 Å². The Morgan fingerprint density at radius 2 is 1.92 bits per heavy atom. The van der Waals surface area contributed by atoms with Crippen LogP contribution in [0.25, 0.3) is 6.08 Å². The zero-order valence-corrected chi connectivity index (χ0v) is 15.6. The molecule has 0 spiro atoms. The summed E-state index contributed by atoms with van der Waals surface area (Å²) in [5, 5.41) is 0.607. The summed E-state index contributed by atoms with van der Waals surface area (Å²) in [5.74, 6) is -0.459. The predicted octanol–water partition coefficient (Wildman–Crippen LogP) is 4.08. The van der Waals surface area contributed by atoms with Gasteiger partial charge in [-0.15, -0.1) is 11.3 Å². The number of thioether (sulfide) groups is 1. The standard InChI is InChI=1S/C18H16N2O3S2/c1-11-4-9-14(24-11)10-15-16(21)20(2)18(25-15)19-13-7-5-12(6-8-13)17(22)23-3/h4-10H,1-3H3. The highest BCUT2D eigenvalue weighted by atomic mass is 32.2. The van der Waals surface area contributed by atoms with Crippen LogP contribution in [0.4, 0.5) is 5.69 Å². The topological polar surface area (TPSA) is 59.0 Å². The van der Waals surface area contributed by atoms with Crippen LogP contribution < -0.4 is 0 Å². The Morgan fingerprint density at radius 3 is 2.52 bits per heavy atom. The summed E-state index contributed by atoms with van der Waals surface area (Å²) in [6.45, 7) is 2.04. The van der Waals surface area contributed by atoms with E-state index in [9.17, 15) is 9.59 Å². The largest absolute Gasteiger partial charge is 0.465 e. The van der Waals surface area contributed by atoms with Gasteiger partial charge in [-0.2, -0.15) is 0 Å². The molecule has 2 heterocycles. The van der Waals surface area contributed by atoms with E-state index >= 15 is 0 Å². The minimum Gasteiger partial charge on any atom is -0.465 e. The predicted molar refractivity (Wildman–Crippen MR) is 102 cm³/mol. The number of carbonyl (C=O) groups excluding carboxylic acids is 2. The number of likely N-dealkylation sites (N-methyl/N-ethyl adjacent to an activating group) is 1. The third-order valence-corrected chi connectivity index (χ3v) is 5.56. The molecular formula is C18H16N2O3S2. The number of nitrogens with zero attached hydrogens (tertiary/aromatic N) is 2. The van der Waals surface area contributed by atoms with E-state index in [1.165, 1.54) is 28.6 Å². The Hall–Kier alpha value is -2.38. The smallest absolute Gasteiger partial charge is 0.337 e. The molecule has 5 nitrogen and oxygen atoms in total. The van der Waals surface area contributed by atoms with Crippen LogP contribution >= 0.6 is 23.1 Å². The second-order valence-electron chi connectivity index (χ2n) is 5.36. The molecular weight excluding hydrogens is 356 g/mol. The third kappa shape index (κ3) is 3.83. The Bertz CT molecular complexity index is 882. The summed E-state index contributed by atoms with van der Waals surface area (Å²) in [6, 6.07) is 10.8. The molecule has 7 heteroatoms. The molecule has 1 amide bonds. The van der Waals surface area contributed by atoms with Crippen LogP contribution in [0.5, 0.6) is 0 Å². The van der Waals surface area contributed by atoms with Gasteiger partial charge in [0.15, 0.2) is 5.17 Å². The Balaban J connectivity index is 1.83. The van der Waals surface area contributed by atoms with Gasteiger partial charge in [0.05, 0.1) is 23.3 Å². The maximum atomic E-state index is 12.4. The molecule has 2 aromatic rings. The summed E-state index contributed by atoms with van der Waals surface area (Å²) in [4.78, 5) is 32.8. The molecule has 1 aromatic heterocycles. The molecule has 0 bridgehead atoms. The minimum absolute atomic E-state index is 0.0685. The van der Waals surface area contributed by atoms with Crippen molar-refractivity contribution in [3.05, 3.63) is 56.6 Å². The fourth-order valence-electron chi connectivity index (χ4n) is 2.21. The lowest BCUT2D eigenvalue weighted by Crippen LogP contribution is -2.23. The van der Waals surface area contributed by atoms with Gasteiger partial charge in [0, 0.05) is 16.8 Å². The lowest BCUT2D eigenvalue weighted by atomic mass is 10.2. The zero-order valence-electron chi connectivity index (χ0n) is 14.0. The van der Waals surface area contributed by atoms with E-state index in [-0.39, 0.29) is 5.91 Å². The van der Waals surface area contributed by atoms with E-state index in [1.807, 2.05) is 25.1 Å². The first-order valence-electron chi connectivity index (χ1n) is 7.49. The average molecular weight is 372 g/mol. The second kappa shape index (κ2) is 7.25. The number of esters is 1. The van der Waals surface area contributed by atoms with Gasteiger partial charge in [-0.1, -0.05) is 0 Å². The highest BCUT2D eigenvalue weighted by Gasteiger charge is 2.30. The van der Waals surface area contributed by atoms with Crippen LogP contribution in [0.2, 0.25) is 0 Å². The molecule has 0 N–H and O–H groups in total. The number of aryl methyl sites for hydroxylation is 1. The van der Waals surface area contributed by atoms with Gasteiger partial charge in [0.2, 0.25) is 0 Å². The summed E-state index contributed by atoms with van der Waals surface area (Å²) >= 11 is 2.99. The Kier molecular flexibility index (Phi) is 5.06. The number of ether oxygens (including phenoxy) is 1. The molecule has 1 aliphatic heterocycles. The number of carbonyl (C=O) groups is 2. The van der Waals surface area contributed by atoms with E-state index in [0.717, 1.165) is 4.88 Å². The lowest BCUT2D eigenvalue weighted by molar-refractivity contribution is -0.121. The Labute approximate surface area is 154 Å². The van der Waals surface area contributed by atoms with Crippen molar-refractivity contribution < 1.29 is 14.3 Å². The van der Waals surface area contributed by atoms with Gasteiger partial charge in [0.25, 0.3) is 5.91 Å². The number of hydrogen-bond donors (Lipinski definition) is 0. The number of hydrogen-bond acceptors (Lipinski definition) is 6. The monoisotopic (exact) mass is 372 g/mol. The van der Waals surface area contributed by atoms with Gasteiger partial charge in [-0.3, -0.25) is 9.69 Å². The van der Waals surface area contributed by atoms with E-state index in [1.54, 1.807) is 42.6 Å². The summed E-state index contributed by atoms with van der Waals surface area (Å²) < 4.78 is 4.67. The van der Waals surface area contributed by atoms with Crippen molar-refractivity contribution in [2.75, 3.05) is 14.2 Å². The number of thiophene rings is 1. The van der Waals surface area contributed by atoms with Crippen molar-refractivity contribution in [3.8, 4) is 0 Å². The van der Waals surface area contributed by atoms with Crippen molar-refractivity contribution in [2.24, 2.45) is 4.99 Å². The normalized spacial score (nSPS) is 17.6. The Morgan fingerprint density at radius 1 is 1.20 bits per heavy atom. The molecule has 1 fully saturated rings. The molecule has 0 unspecified atom stereocenters. The quantitative estimate of drug-likeness (QED) is 0.602. The zero-order chi connectivity index (χ0) is 18.0. The number of amides is 1. The summed E-state index contributed by atoms with van der Waals surface area (Å²) in [6.07, 6.45) is 1.89. The van der Waals surface area contributed by atoms with Crippen molar-refractivity contribution >= 4 is 51.9 Å². The first kappa shape index (κ1) is 17.4.